The third-order valence-corrected chi connectivity index (χ3v) is 5.60. The second-order valence-corrected chi connectivity index (χ2v) is 7.62. The molecule has 0 radical (unpaired) electrons. The largest absolute Gasteiger partial charge is 0.373 e. The molecule has 2 aliphatic heterocycles. The van der Waals surface area contributed by atoms with Gasteiger partial charge in [0.25, 0.3) is 0 Å². The molecular formula is C20H30N4O2. The predicted molar refractivity (Wildman–Crippen MR) is 103 cm³/mol. The number of piperidine rings is 1. The number of aryl methyl sites for hydroxylation is 1. The number of anilines is 1. The van der Waals surface area contributed by atoms with Gasteiger partial charge in [0.1, 0.15) is 6.04 Å². The summed E-state index contributed by atoms with van der Waals surface area (Å²) in [6, 6.07) is 6.09. The van der Waals surface area contributed by atoms with Crippen LogP contribution in [0.4, 0.5) is 5.69 Å². The zero-order valence-corrected chi connectivity index (χ0v) is 15.8. The van der Waals surface area contributed by atoms with Crippen LogP contribution in [-0.4, -0.2) is 48.4 Å². The highest BCUT2D eigenvalue weighted by Crippen LogP contribution is 2.29. The minimum Gasteiger partial charge on any atom is -0.373 e. The third kappa shape index (κ3) is 4.01. The molecule has 2 amide bonds. The van der Waals surface area contributed by atoms with E-state index in [-0.39, 0.29) is 29.8 Å². The monoisotopic (exact) mass is 358 g/mol. The zero-order valence-electron chi connectivity index (χ0n) is 15.8. The van der Waals surface area contributed by atoms with Crippen molar-refractivity contribution in [2.75, 3.05) is 25.0 Å². The molecule has 0 bridgehead atoms. The van der Waals surface area contributed by atoms with Gasteiger partial charge in [-0.25, -0.2) is 0 Å². The number of fused-ring (bicyclic) bond motifs is 1. The van der Waals surface area contributed by atoms with Crippen LogP contribution in [0, 0.1) is 12.8 Å². The van der Waals surface area contributed by atoms with Gasteiger partial charge < -0.3 is 21.3 Å². The number of rotatable bonds is 5. The highest BCUT2D eigenvalue weighted by molar-refractivity contribution is 5.88. The summed E-state index contributed by atoms with van der Waals surface area (Å²) >= 11 is 0. The van der Waals surface area contributed by atoms with Gasteiger partial charge in [-0.1, -0.05) is 25.1 Å². The highest BCUT2D eigenvalue weighted by atomic mass is 16.2. The summed E-state index contributed by atoms with van der Waals surface area (Å²) in [5.41, 5.74) is 8.97. The smallest absolute Gasteiger partial charge is 0.243 e. The molecule has 6 nitrogen and oxygen atoms in total. The Hall–Kier alpha value is -2.08. The van der Waals surface area contributed by atoms with Gasteiger partial charge in [0.2, 0.25) is 11.8 Å². The van der Waals surface area contributed by atoms with E-state index in [1.54, 1.807) is 0 Å². The number of likely N-dealkylation sites (tertiary alicyclic amines) is 1. The van der Waals surface area contributed by atoms with Crippen molar-refractivity contribution < 1.29 is 9.59 Å². The Balaban J connectivity index is 1.52. The van der Waals surface area contributed by atoms with E-state index < -0.39 is 0 Å². The van der Waals surface area contributed by atoms with Crippen LogP contribution in [0.1, 0.15) is 37.3 Å². The van der Waals surface area contributed by atoms with Gasteiger partial charge in [0, 0.05) is 37.7 Å². The van der Waals surface area contributed by atoms with Crippen molar-refractivity contribution in [1.82, 2.24) is 10.2 Å². The Morgan fingerprint density at radius 2 is 2.19 bits per heavy atom. The molecule has 1 fully saturated rings. The normalized spacial score (nSPS) is 24.7. The minimum atomic E-state index is -0.206. The SMILES string of the molecule is Cc1cccc2c1NC(C(=O)N[C@@H]1CCN(C(=O)CCCN)C[C@H]1C)C2. The van der Waals surface area contributed by atoms with E-state index >= 15 is 0 Å². The molecule has 0 aromatic heterocycles. The van der Waals surface area contributed by atoms with Gasteiger partial charge in [-0.15, -0.1) is 0 Å². The molecule has 1 aromatic rings. The van der Waals surface area contributed by atoms with Crippen molar-refractivity contribution in [3.05, 3.63) is 29.3 Å². The molecule has 4 N–H and O–H groups in total. The van der Waals surface area contributed by atoms with E-state index in [2.05, 4.69) is 36.6 Å². The fourth-order valence-electron chi connectivity index (χ4n) is 3.99. The number of amides is 2. The van der Waals surface area contributed by atoms with E-state index in [0.717, 1.165) is 24.9 Å². The summed E-state index contributed by atoms with van der Waals surface area (Å²) in [4.78, 5) is 26.8. The lowest BCUT2D eigenvalue weighted by Gasteiger charge is -2.37. The van der Waals surface area contributed by atoms with Gasteiger partial charge in [-0.2, -0.15) is 0 Å². The lowest BCUT2D eigenvalue weighted by atomic mass is 9.93. The number of nitrogens with one attached hydrogen (secondary N) is 2. The quantitative estimate of drug-likeness (QED) is 0.743. The first-order chi connectivity index (χ1) is 12.5. The van der Waals surface area contributed by atoms with Crippen LogP contribution < -0.4 is 16.4 Å². The van der Waals surface area contributed by atoms with Crippen LogP contribution in [0.25, 0.3) is 0 Å². The van der Waals surface area contributed by atoms with Crippen molar-refractivity contribution in [3.8, 4) is 0 Å². The highest BCUT2D eigenvalue weighted by Gasteiger charge is 2.33. The van der Waals surface area contributed by atoms with E-state index in [0.29, 0.717) is 26.1 Å². The van der Waals surface area contributed by atoms with E-state index in [1.807, 2.05) is 11.0 Å². The molecule has 0 aliphatic carbocycles. The minimum absolute atomic E-state index is 0.0559. The Bertz CT molecular complexity index is 676. The van der Waals surface area contributed by atoms with Gasteiger partial charge in [-0.3, -0.25) is 9.59 Å². The standard InChI is InChI=1S/C20H30N4O2/c1-13-5-3-6-15-11-17(22-19(13)15)20(26)23-16-8-10-24(12-14(16)2)18(25)7-4-9-21/h3,5-6,14,16-17,22H,4,7-12,21H2,1-2H3,(H,23,26)/t14-,16-,17?/m1/s1. The number of hydrogen-bond donors (Lipinski definition) is 3. The number of para-hydroxylation sites is 1. The lowest BCUT2D eigenvalue weighted by Crippen LogP contribution is -2.53. The Morgan fingerprint density at radius 3 is 2.88 bits per heavy atom. The molecule has 2 heterocycles. The van der Waals surface area contributed by atoms with Crippen molar-refractivity contribution in [2.24, 2.45) is 11.7 Å². The second kappa shape index (κ2) is 8.08. The number of nitrogens with zero attached hydrogens (tertiary/aromatic N) is 1. The molecule has 2 aliphatic rings. The molecule has 1 saturated heterocycles. The summed E-state index contributed by atoms with van der Waals surface area (Å²) in [5, 5.41) is 6.58. The molecule has 3 atom stereocenters. The molecule has 142 valence electrons. The maximum absolute atomic E-state index is 12.7. The van der Waals surface area contributed by atoms with Crippen LogP contribution in [0.5, 0.6) is 0 Å². The van der Waals surface area contributed by atoms with Crippen LogP contribution in [-0.2, 0) is 16.0 Å². The number of nitrogens with two attached hydrogens (primary N) is 1. The number of benzene rings is 1. The topological polar surface area (TPSA) is 87.5 Å². The van der Waals surface area contributed by atoms with Crippen LogP contribution >= 0.6 is 0 Å². The summed E-state index contributed by atoms with van der Waals surface area (Å²) in [7, 11) is 0. The number of carbonyl (C=O) groups is 2. The molecule has 0 saturated carbocycles. The Labute approximate surface area is 155 Å². The fraction of sp³-hybridized carbons (Fsp3) is 0.600. The van der Waals surface area contributed by atoms with Crippen molar-refractivity contribution in [1.29, 1.82) is 0 Å². The van der Waals surface area contributed by atoms with Crippen LogP contribution in [0.2, 0.25) is 0 Å². The summed E-state index contributed by atoms with van der Waals surface area (Å²) < 4.78 is 0. The first kappa shape index (κ1) is 18.7. The summed E-state index contributed by atoms with van der Waals surface area (Å²) in [5.74, 6) is 0.482. The van der Waals surface area contributed by atoms with Gasteiger partial charge in [0.15, 0.2) is 0 Å². The van der Waals surface area contributed by atoms with Crippen molar-refractivity contribution >= 4 is 17.5 Å². The Morgan fingerprint density at radius 1 is 1.38 bits per heavy atom. The van der Waals surface area contributed by atoms with Gasteiger partial charge in [0.05, 0.1) is 0 Å². The predicted octanol–water partition coefficient (Wildman–Crippen LogP) is 1.42. The number of carbonyl (C=O) groups excluding carboxylic acids is 2. The molecule has 6 heteroatoms. The third-order valence-electron chi connectivity index (χ3n) is 5.60. The molecular weight excluding hydrogens is 328 g/mol. The van der Waals surface area contributed by atoms with Crippen molar-refractivity contribution in [3.63, 3.8) is 0 Å². The van der Waals surface area contributed by atoms with Crippen molar-refractivity contribution in [2.45, 2.75) is 51.6 Å². The maximum atomic E-state index is 12.7. The first-order valence-corrected chi connectivity index (χ1v) is 9.63. The molecule has 26 heavy (non-hydrogen) atoms. The van der Waals surface area contributed by atoms with E-state index in [1.165, 1.54) is 11.1 Å². The second-order valence-electron chi connectivity index (χ2n) is 7.62. The summed E-state index contributed by atoms with van der Waals surface area (Å²) in [6.45, 7) is 6.12. The average molecular weight is 358 g/mol. The maximum Gasteiger partial charge on any atom is 0.243 e. The molecule has 1 aromatic carbocycles. The van der Waals surface area contributed by atoms with E-state index in [9.17, 15) is 9.59 Å². The molecule has 0 spiro atoms. The first-order valence-electron chi connectivity index (χ1n) is 9.63. The fourth-order valence-corrected chi connectivity index (χ4v) is 3.99. The molecule has 3 rings (SSSR count). The Kier molecular flexibility index (Phi) is 5.81. The zero-order chi connectivity index (χ0) is 18.7. The average Bonchev–Trinajstić information content (AvgIpc) is 3.07. The van der Waals surface area contributed by atoms with Crippen LogP contribution in [0.15, 0.2) is 18.2 Å². The van der Waals surface area contributed by atoms with Gasteiger partial charge in [-0.05, 0) is 43.4 Å². The van der Waals surface area contributed by atoms with E-state index in [4.69, 9.17) is 5.73 Å². The lowest BCUT2D eigenvalue weighted by molar-refractivity contribution is -0.133. The number of hydrogen-bond acceptors (Lipinski definition) is 4. The van der Waals surface area contributed by atoms with Gasteiger partial charge >= 0.3 is 0 Å². The molecule has 1 unspecified atom stereocenters. The summed E-state index contributed by atoms with van der Waals surface area (Å²) in [6.07, 6.45) is 2.79. The van der Waals surface area contributed by atoms with Crippen LogP contribution in [0.3, 0.4) is 0 Å².